The Bertz CT molecular complexity index is 1450. The van der Waals surface area contributed by atoms with Crippen LogP contribution in [0.3, 0.4) is 0 Å². The zero-order valence-corrected chi connectivity index (χ0v) is 39.0. The summed E-state index contributed by atoms with van der Waals surface area (Å²) >= 11 is 3.42. The van der Waals surface area contributed by atoms with Gasteiger partial charge in [0, 0.05) is 95.4 Å². The van der Waals surface area contributed by atoms with E-state index in [1.807, 2.05) is 52.0 Å². The minimum atomic E-state index is -0.772. The van der Waals surface area contributed by atoms with E-state index >= 15 is 0 Å². The summed E-state index contributed by atoms with van der Waals surface area (Å²) in [6.07, 6.45) is 0. The van der Waals surface area contributed by atoms with Gasteiger partial charge in [-0.05, 0) is 27.7 Å². The Labute approximate surface area is 364 Å². The molecule has 16 nitrogen and oxygen atoms in total. The van der Waals surface area contributed by atoms with E-state index in [4.69, 9.17) is 45.6 Å². The largest absolute Gasteiger partial charge is 1.00 e. The lowest BCUT2D eigenvalue weighted by Crippen LogP contribution is -3.09. The highest BCUT2D eigenvalue weighted by Gasteiger charge is 2.34. The number of quaternary nitrogens is 1. The van der Waals surface area contributed by atoms with Crippen LogP contribution in [0.25, 0.3) is 0 Å². The molecule has 0 saturated carbocycles. The van der Waals surface area contributed by atoms with Crippen molar-refractivity contribution < 1.29 is 59.9 Å². The fourth-order valence-corrected chi connectivity index (χ4v) is 6.28. The van der Waals surface area contributed by atoms with E-state index in [1.165, 1.54) is 4.90 Å². The molecule has 10 N–H and O–H groups in total. The summed E-state index contributed by atoms with van der Waals surface area (Å²) in [6.45, 7) is 19.4. The minimum Gasteiger partial charge on any atom is -1.00 e. The van der Waals surface area contributed by atoms with Crippen LogP contribution in [0.2, 0.25) is 0 Å². The van der Waals surface area contributed by atoms with Gasteiger partial charge in [0.1, 0.15) is 52.9 Å². The third-order valence-corrected chi connectivity index (χ3v) is 9.63. The molecular weight excluding hydrogens is 880 g/mol. The first-order valence-corrected chi connectivity index (χ1v) is 20.4. The van der Waals surface area contributed by atoms with Crippen molar-refractivity contribution >= 4 is 38.9 Å². The van der Waals surface area contributed by atoms with Crippen molar-refractivity contribution in [2.24, 2.45) is 17.2 Å². The van der Waals surface area contributed by atoms with E-state index in [9.17, 15) is 9.59 Å². The molecule has 332 valence electrons. The number of Topliss-reactive ketones (excluding diaryl/α,β-unsaturated/α-hetero) is 2. The molecule has 0 bridgehead atoms. The molecule has 0 aromatic heterocycles. The molecule has 0 amide bonds. The Hall–Kier alpha value is -2.62. The highest BCUT2D eigenvalue weighted by molar-refractivity contribution is 9.10. The lowest BCUT2D eigenvalue weighted by atomic mass is 9.91. The average Bonchev–Trinajstić information content (AvgIpc) is 3.22. The molecule has 2 aliphatic heterocycles. The van der Waals surface area contributed by atoms with Crippen molar-refractivity contribution in [3.05, 3.63) is 35.4 Å². The number of anilines is 1. The van der Waals surface area contributed by atoms with Gasteiger partial charge in [0.05, 0.1) is 64.7 Å². The molecule has 2 heterocycles. The molecule has 0 unspecified atom stereocenters. The van der Waals surface area contributed by atoms with Crippen LogP contribution in [-0.4, -0.2) is 155 Å². The maximum atomic E-state index is 13.3. The highest BCUT2D eigenvalue weighted by Crippen LogP contribution is 2.38. The number of nitrogens with one attached hydrogen (secondary N) is 4. The van der Waals surface area contributed by atoms with Crippen molar-refractivity contribution in [3.63, 3.8) is 0 Å². The van der Waals surface area contributed by atoms with Crippen molar-refractivity contribution in [2.75, 3.05) is 138 Å². The van der Waals surface area contributed by atoms with Crippen LogP contribution in [0.4, 0.5) is 11.4 Å². The maximum Gasteiger partial charge on any atom is 0.189 e. The Morgan fingerprint density at radius 1 is 0.690 bits per heavy atom. The SMILES string of the molecule is COc1cc(N2CCOCC2)cc(OC)c1C(=O)C(C)(C)NCCNCCN.COc1cc([NH+]2CCOCC2)cc(OC)c1C(=O)C(C)(C)Br.NCCNCCN.[Br-]. The minimum absolute atomic E-state index is 0. The van der Waals surface area contributed by atoms with Gasteiger partial charge in [-0.15, -0.1) is 0 Å². The monoisotopic (exact) mass is 948 g/mol. The normalized spacial score (nSPS) is 14.5. The molecule has 2 aliphatic rings. The first kappa shape index (κ1) is 53.4. The fourth-order valence-electron chi connectivity index (χ4n) is 6.08. The van der Waals surface area contributed by atoms with Crippen LogP contribution in [0.1, 0.15) is 48.4 Å². The smallest absolute Gasteiger partial charge is 0.189 e. The summed E-state index contributed by atoms with van der Waals surface area (Å²) in [5.74, 6) is 1.99. The second-order valence-electron chi connectivity index (χ2n) is 14.3. The zero-order chi connectivity index (χ0) is 42.4. The predicted molar refractivity (Wildman–Crippen MR) is 230 cm³/mol. The number of nitrogens with zero attached hydrogens (tertiary/aromatic N) is 1. The Kier molecular flexibility index (Phi) is 25.8. The standard InChI is InChI=1S/C20H34N4O4.C16H22BrNO4.C4H13N3.BrH/c1-20(2,23-8-7-22-6-5-21)19(25)18-16(26-3)13-15(14-17(18)27-4)24-9-11-28-12-10-24;1-16(2,17)15(19)14-12(20-3)9-11(10-13(14)21-4)18-5-7-22-8-6-18;5-1-3-7-4-2-6;/h13-14,22-23H,5-12,21H2,1-4H3;9-10H,5-8H2,1-4H3;7H,1-6H2;1H. The number of rotatable bonds is 20. The van der Waals surface area contributed by atoms with Gasteiger partial charge in [-0.25, -0.2) is 0 Å². The molecule has 0 spiro atoms. The van der Waals surface area contributed by atoms with E-state index in [0.717, 1.165) is 76.9 Å². The molecule has 4 rings (SSSR count). The third kappa shape index (κ3) is 16.8. The topological polar surface area (TPSA) is 211 Å². The number of carbonyl (C=O) groups excluding carboxylic acids is 2. The summed E-state index contributed by atoms with van der Waals surface area (Å²) in [5.41, 5.74) is 18.0. The summed E-state index contributed by atoms with van der Waals surface area (Å²) < 4.78 is 32.2. The quantitative estimate of drug-likeness (QED) is 0.0425. The van der Waals surface area contributed by atoms with E-state index in [2.05, 4.69) is 36.8 Å². The summed E-state index contributed by atoms with van der Waals surface area (Å²) in [7, 11) is 6.30. The number of nitrogens with two attached hydrogens (primary N) is 3. The van der Waals surface area contributed by atoms with E-state index < -0.39 is 9.86 Å². The summed E-state index contributed by atoms with van der Waals surface area (Å²) in [5, 5.41) is 9.55. The molecule has 18 heteroatoms. The van der Waals surface area contributed by atoms with Gasteiger partial charge < -0.3 is 83.5 Å². The van der Waals surface area contributed by atoms with Crippen LogP contribution in [0.5, 0.6) is 23.0 Å². The summed E-state index contributed by atoms with van der Waals surface area (Å²) in [6, 6.07) is 7.66. The van der Waals surface area contributed by atoms with Gasteiger partial charge >= 0.3 is 0 Å². The van der Waals surface area contributed by atoms with Crippen LogP contribution < -0.4 is 78.9 Å². The van der Waals surface area contributed by atoms with E-state index in [1.54, 1.807) is 28.4 Å². The number of halogens is 2. The maximum absolute atomic E-state index is 13.3. The summed E-state index contributed by atoms with van der Waals surface area (Å²) in [4.78, 5) is 29.5. The van der Waals surface area contributed by atoms with Gasteiger partial charge in [-0.3, -0.25) is 14.5 Å². The van der Waals surface area contributed by atoms with Gasteiger partial charge in [0.25, 0.3) is 0 Å². The molecule has 2 fully saturated rings. The second kappa shape index (κ2) is 28.0. The number of hydrogen-bond acceptors (Lipinski definition) is 15. The fraction of sp³-hybridized carbons (Fsp3) is 0.650. The van der Waals surface area contributed by atoms with Gasteiger partial charge in [0.15, 0.2) is 11.6 Å². The lowest BCUT2D eigenvalue weighted by molar-refractivity contribution is -0.842. The second-order valence-corrected chi connectivity index (χ2v) is 16.3. The van der Waals surface area contributed by atoms with Crippen LogP contribution >= 0.6 is 15.9 Å². The van der Waals surface area contributed by atoms with Crippen molar-refractivity contribution in [1.82, 2.24) is 16.0 Å². The predicted octanol–water partition coefficient (Wildman–Crippen LogP) is -2.26. The number of ether oxygens (including phenoxy) is 6. The molecular formula is C40H70Br2N8O8. The lowest BCUT2D eigenvalue weighted by Gasteiger charge is -2.31. The van der Waals surface area contributed by atoms with Crippen molar-refractivity contribution in [3.8, 4) is 23.0 Å². The number of carbonyl (C=O) groups is 2. The van der Waals surface area contributed by atoms with Crippen LogP contribution in [0, 0.1) is 0 Å². The Morgan fingerprint density at radius 3 is 1.53 bits per heavy atom. The molecule has 0 aliphatic carbocycles. The van der Waals surface area contributed by atoms with Crippen molar-refractivity contribution in [1.29, 1.82) is 0 Å². The van der Waals surface area contributed by atoms with Crippen LogP contribution in [0.15, 0.2) is 24.3 Å². The third-order valence-electron chi connectivity index (χ3n) is 9.27. The van der Waals surface area contributed by atoms with E-state index in [-0.39, 0.29) is 28.5 Å². The number of methoxy groups -OCH3 is 4. The van der Waals surface area contributed by atoms with Crippen LogP contribution in [-0.2, 0) is 9.47 Å². The number of alkyl halides is 1. The Morgan fingerprint density at radius 2 is 1.10 bits per heavy atom. The molecule has 2 aromatic rings. The number of morpholine rings is 2. The van der Waals surface area contributed by atoms with Gasteiger partial charge in [0.2, 0.25) is 0 Å². The van der Waals surface area contributed by atoms with E-state index in [0.29, 0.717) is 73.5 Å². The van der Waals surface area contributed by atoms with Gasteiger partial charge in [-0.1, -0.05) is 15.9 Å². The first-order valence-electron chi connectivity index (χ1n) is 19.6. The Balaban J connectivity index is 0.000000500. The average molecular weight is 951 g/mol. The first-order chi connectivity index (χ1) is 27.2. The van der Waals surface area contributed by atoms with Crippen molar-refractivity contribution in [2.45, 2.75) is 37.6 Å². The molecule has 58 heavy (non-hydrogen) atoms. The number of ketones is 2. The molecule has 0 radical (unpaired) electrons. The highest BCUT2D eigenvalue weighted by atomic mass is 79.9. The number of hydrogen-bond donors (Lipinski definition) is 7. The number of benzene rings is 2. The molecule has 2 saturated heterocycles. The molecule has 0 atom stereocenters. The zero-order valence-electron chi connectivity index (χ0n) is 35.8. The molecule has 2 aromatic carbocycles. The van der Waals surface area contributed by atoms with Gasteiger partial charge in [-0.2, -0.15) is 0 Å².